The normalized spacial score (nSPS) is 12.5. The lowest BCUT2D eigenvalue weighted by Gasteiger charge is -2.25. The Morgan fingerprint density at radius 2 is 1.89 bits per heavy atom. The third-order valence-electron chi connectivity index (χ3n) is 4.15. The number of halogens is 2. The summed E-state index contributed by atoms with van der Waals surface area (Å²) in [7, 11) is 7.90. The maximum Gasteiger partial charge on any atom is 0.338 e. The van der Waals surface area contributed by atoms with Gasteiger partial charge in [-0.3, -0.25) is 0 Å². The molecule has 0 bridgehead atoms. The zero-order valence-corrected chi connectivity index (χ0v) is 18.5. The van der Waals surface area contributed by atoms with E-state index in [2.05, 4.69) is 39.3 Å². The van der Waals surface area contributed by atoms with Crippen LogP contribution in [0.15, 0.2) is 29.3 Å². The first-order valence-electron chi connectivity index (χ1n) is 8.98. The fourth-order valence-electron chi connectivity index (χ4n) is 2.42. The second-order valence-corrected chi connectivity index (χ2v) is 8.11. The number of quaternary nitrogens is 1. The molecule has 0 radical (unpaired) electrons. The van der Waals surface area contributed by atoms with Crippen LogP contribution >= 0.6 is 23.2 Å². The van der Waals surface area contributed by atoms with Crippen LogP contribution in [0.2, 0.25) is 10.0 Å². The molecule has 0 unspecified atom stereocenters. The molecule has 0 amide bonds. The summed E-state index contributed by atoms with van der Waals surface area (Å²) >= 11 is 12.0. The fraction of sp³-hybridized carbons (Fsp3) is 0.421. The van der Waals surface area contributed by atoms with Crippen molar-refractivity contribution in [3.8, 4) is 0 Å². The molecule has 1 heterocycles. The van der Waals surface area contributed by atoms with Crippen LogP contribution in [0.1, 0.15) is 12.1 Å². The molecular formula is C19H28Cl2N7+. The number of aromatic nitrogens is 2. The number of hydrogen-bond acceptors (Lipinski definition) is 5. The number of aliphatic imine (C=N–C) groups is 1. The molecule has 0 aliphatic rings. The highest BCUT2D eigenvalue weighted by atomic mass is 35.5. The number of nitrogens with two attached hydrogens (primary N) is 1. The van der Waals surface area contributed by atoms with E-state index in [1.807, 2.05) is 27.1 Å². The van der Waals surface area contributed by atoms with E-state index >= 15 is 0 Å². The first-order chi connectivity index (χ1) is 13.1. The maximum absolute atomic E-state index is 6.30. The molecule has 0 spiro atoms. The van der Waals surface area contributed by atoms with Crippen LogP contribution in [0.5, 0.6) is 0 Å². The van der Waals surface area contributed by atoms with Gasteiger partial charge in [0.2, 0.25) is 0 Å². The van der Waals surface area contributed by atoms with E-state index in [0.29, 0.717) is 27.6 Å². The standard InChI is InChI=1S/C19H28Cl2N7/c1-13-11-17(23-9-6-10-27(2)3)26-19(24-13)28(4,5)18(22)25-14-7-8-15(20)16(21)12-14/h7-8,11-12H,6,9-10H2,1-5H3,(H2,22,25)(H,23,24,26)/q+1. The number of guanidine groups is 1. The summed E-state index contributed by atoms with van der Waals surface area (Å²) in [6.07, 6.45) is 1.02. The molecule has 0 atom stereocenters. The van der Waals surface area contributed by atoms with Crippen LogP contribution in [-0.2, 0) is 0 Å². The van der Waals surface area contributed by atoms with Gasteiger partial charge in [0.05, 0.1) is 29.8 Å². The van der Waals surface area contributed by atoms with E-state index in [1.54, 1.807) is 18.2 Å². The second kappa shape index (κ2) is 9.52. The first kappa shape index (κ1) is 22.4. The molecule has 2 rings (SSSR count). The van der Waals surface area contributed by atoms with Crippen LogP contribution in [0, 0.1) is 6.92 Å². The van der Waals surface area contributed by atoms with Gasteiger partial charge in [-0.15, -0.1) is 0 Å². The van der Waals surface area contributed by atoms with Crippen molar-refractivity contribution < 1.29 is 0 Å². The van der Waals surface area contributed by atoms with Gasteiger partial charge >= 0.3 is 11.9 Å². The predicted molar refractivity (Wildman–Crippen MR) is 120 cm³/mol. The average Bonchev–Trinajstić information content (AvgIpc) is 2.61. The molecule has 1 aromatic carbocycles. The monoisotopic (exact) mass is 424 g/mol. The lowest BCUT2D eigenvalue weighted by molar-refractivity contribution is 0.405. The van der Waals surface area contributed by atoms with Gasteiger partial charge in [0.1, 0.15) is 5.82 Å². The van der Waals surface area contributed by atoms with Gasteiger partial charge < -0.3 is 16.0 Å². The lowest BCUT2D eigenvalue weighted by atomic mass is 10.3. The van der Waals surface area contributed by atoms with Gasteiger partial charge in [-0.2, -0.15) is 19.4 Å². The Hall–Kier alpha value is -1.93. The Balaban J connectivity index is 2.23. The molecule has 152 valence electrons. The predicted octanol–water partition coefficient (Wildman–Crippen LogP) is 3.67. The Bertz CT molecular complexity index is 850. The zero-order valence-electron chi connectivity index (χ0n) is 17.0. The van der Waals surface area contributed by atoms with E-state index in [0.717, 1.165) is 31.0 Å². The van der Waals surface area contributed by atoms with Crippen LogP contribution in [0.4, 0.5) is 17.5 Å². The number of nitrogens with zero attached hydrogens (tertiary/aromatic N) is 5. The molecule has 0 aliphatic carbocycles. The van der Waals surface area contributed by atoms with Crippen LogP contribution in [-0.4, -0.2) is 62.1 Å². The van der Waals surface area contributed by atoms with E-state index < -0.39 is 0 Å². The third kappa shape index (κ3) is 6.04. The number of nitrogens with one attached hydrogen (secondary N) is 1. The summed E-state index contributed by atoms with van der Waals surface area (Å²) in [6.45, 7) is 3.77. The Kier molecular flexibility index (Phi) is 7.60. The fourth-order valence-corrected chi connectivity index (χ4v) is 2.71. The highest BCUT2D eigenvalue weighted by Crippen LogP contribution is 2.27. The third-order valence-corrected chi connectivity index (χ3v) is 4.89. The molecule has 7 nitrogen and oxygen atoms in total. The summed E-state index contributed by atoms with van der Waals surface area (Å²) in [5.74, 6) is 1.66. The summed E-state index contributed by atoms with van der Waals surface area (Å²) < 4.78 is 0.105. The van der Waals surface area contributed by atoms with Crippen molar-refractivity contribution in [2.75, 3.05) is 46.6 Å². The van der Waals surface area contributed by atoms with Gasteiger partial charge in [0.25, 0.3) is 0 Å². The molecule has 0 saturated heterocycles. The van der Waals surface area contributed by atoms with E-state index in [1.165, 1.54) is 0 Å². The Morgan fingerprint density at radius 1 is 1.18 bits per heavy atom. The minimum Gasteiger partial charge on any atom is -0.370 e. The second-order valence-electron chi connectivity index (χ2n) is 7.30. The maximum atomic E-state index is 6.30. The van der Waals surface area contributed by atoms with Crippen molar-refractivity contribution >= 4 is 46.6 Å². The lowest BCUT2D eigenvalue weighted by Crippen LogP contribution is -2.52. The molecule has 1 aromatic heterocycles. The molecule has 3 N–H and O–H groups in total. The minimum atomic E-state index is 0.105. The van der Waals surface area contributed by atoms with Crippen LogP contribution < -0.4 is 15.5 Å². The van der Waals surface area contributed by atoms with Crippen molar-refractivity contribution in [2.45, 2.75) is 13.3 Å². The van der Waals surface area contributed by atoms with Crippen molar-refractivity contribution in [2.24, 2.45) is 10.7 Å². The van der Waals surface area contributed by atoms with Crippen LogP contribution in [0.3, 0.4) is 0 Å². The quantitative estimate of drug-likeness (QED) is 0.306. The van der Waals surface area contributed by atoms with Gasteiger partial charge in [-0.05, 0) is 52.2 Å². The van der Waals surface area contributed by atoms with Gasteiger partial charge in [-0.25, -0.2) is 0 Å². The number of rotatable bonds is 7. The summed E-state index contributed by atoms with van der Waals surface area (Å²) in [5, 5.41) is 4.26. The highest BCUT2D eigenvalue weighted by Gasteiger charge is 2.29. The molecule has 2 aromatic rings. The van der Waals surface area contributed by atoms with Crippen molar-refractivity contribution in [3.05, 3.63) is 40.0 Å². The number of anilines is 1. The minimum absolute atomic E-state index is 0.105. The number of aryl methyl sites for hydroxylation is 1. The molecule has 0 aliphatic heterocycles. The number of benzene rings is 1. The summed E-state index contributed by atoms with van der Waals surface area (Å²) in [5.41, 5.74) is 7.77. The molecule has 9 heteroatoms. The number of hydrogen-bond donors (Lipinski definition) is 2. The van der Waals surface area contributed by atoms with Crippen LogP contribution in [0.25, 0.3) is 0 Å². The van der Waals surface area contributed by atoms with Crippen molar-refractivity contribution in [1.82, 2.24) is 19.4 Å². The molecule has 28 heavy (non-hydrogen) atoms. The summed E-state index contributed by atoms with van der Waals surface area (Å²) in [4.78, 5) is 15.8. The summed E-state index contributed by atoms with van der Waals surface area (Å²) in [6, 6.07) is 7.04. The topological polar surface area (TPSA) is 79.4 Å². The Labute approximate surface area is 176 Å². The largest absolute Gasteiger partial charge is 0.370 e. The van der Waals surface area contributed by atoms with Crippen molar-refractivity contribution in [1.29, 1.82) is 0 Å². The molecular weight excluding hydrogens is 397 g/mol. The zero-order chi connectivity index (χ0) is 20.9. The molecule has 0 saturated carbocycles. The van der Waals surface area contributed by atoms with Gasteiger partial charge in [-0.1, -0.05) is 23.2 Å². The smallest absolute Gasteiger partial charge is 0.338 e. The SMILES string of the molecule is Cc1cc(NCCCN(C)C)nc([N+](C)(C)C(N)=Nc2ccc(Cl)c(Cl)c2)n1. The van der Waals surface area contributed by atoms with Gasteiger partial charge in [0.15, 0.2) is 0 Å². The van der Waals surface area contributed by atoms with Crippen molar-refractivity contribution in [3.63, 3.8) is 0 Å². The molecule has 0 fully saturated rings. The highest BCUT2D eigenvalue weighted by molar-refractivity contribution is 6.42. The van der Waals surface area contributed by atoms with E-state index in [4.69, 9.17) is 28.9 Å². The first-order valence-corrected chi connectivity index (χ1v) is 9.74. The average molecular weight is 425 g/mol. The van der Waals surface area contributed by atoms with E-state index in [9.17, 15) is 0 Å². The van der Waals surface area contributed by atoms with Gasteiger partial charge in [0, 0.05) is 18.3 Å². The Morgan fingerprint density at radius 3 is 2.54 bits per heavy atom. The van der Waals surface area contributed by atoms with E-state index in [-0.39, 0.29) is 4.48 Å².